The molecule has 0 aliphatic rings. The summed E-state index contributed by atoms with van der Waals surface area (Å²) in [6.07, 6.45) is 0. The van der Waals surface area contributed by atoms with Crippen LogP contribution in [0.1, 0.15) is 17.3 Å². The van der Waals surface area contributed by atoms with Crippen LogP contribution in [0.15, 0.2) is 58.3 Å². The SMILES string of the molecule is CCOc1ccc2oc(-c3csc(NC(=O)c4ccccc4[N+](=O)[O-])n3)cc2c1. The number of nitrogens with zero attached hydrogens (tertiary/aromatic N) is 2. The number of furan rings is 1. The zero-order chi connectivity index (χ0) is 20.4. The number of nitro benzene ring substituents is 1. The second-order valence-corrected chi connectivity index (χ2v) is 6.87. The summed E-state index contributed by atoms with van der Waals surface area (Å²) in [7, 11) is 0. The van der Waals surface area contributed by atoms with Gasteiger partial charge in [-0.1, -0.05) is 12.1 Å². The fourth-order valence-corrected chi connectivity index (χ4v) is 3.53. The summed E-state index contributed by atoms with van der Waals surface area (Å²) in [4.78, 5) is 27.3. The van der Waals surface area contributed by atoms with Gasteiger partial charge in [-0.05, 0) is 37.3 Å². The minimum atomic E-state index is -0.593. The van der Waals surface area contributed by atoms with Gasteiger partial charge in [0.2, 0.25) is 0 Å². The number of carbonyl (C=O) groups is 1. The fraction of sp³-hybridized carbons (Fsp3) is 0.100. The third kappa shape index (κ3) is 3.81. The molecule has 29 heavy (non-hydrogen) atoms. The molecule has 1 amide bonds. The Bertz CT molecular complexity index is 1210. The Kier molecular flexibility index (Phi) is 4.96. The van der Waals surface area contributed by atoms with Crippen molar-refractivity contribution in [2.75, 3.05) is 11.9 Å². The molecular weight excluding hydrogens is 394 g/mol. The van der Waals surface area contributed by atoms with Gasteiger partial charge in [0.15, 0.2) is 10.9 Å². The van der Waals surface area contributed by atoms with Gasteiger partial charge >= 0.3 is 0 Å². The molecule has 0 aliphatic carbocycles. The van der Waals surface area contributed by atoms with E-state index in [2.05, 4.69) is 10.3 Å². The van der Waals surface area contributed by atoms with Crippen molar-refractivity contribution >= 4 is 39.0 Å². The standard InChI is InChI=1S/C20H15N3O5S/c1-2-27-13-7-8-17-12(9-13)10-18(28-17)15-11-29-20(21-15)22-19(24)14-5-3-4-6-16(14)23(25)26/h3-11H,2H2,1H3,(H,21,22,24). The Balaban J connectivity index is 1.56. The van der Waals surface area contributed by atoms with Crippen molar-refractivity contribution in [3.63, 3.8) is 0 Å². The number of anilines is 1. The van der Waals surface area contributed by atoms with Crippen LogP contribution in [-0.4, -0.2) is 22.4 Å². The number of benzene rings is 2. The van der Waals surface area contributed by atoms with Gasteiger partial charge in [-0.2, -0.15) is 0 Å². The number of fused-ring (bicyclic) bond motifs is 1. The first kappa shape index (κ1) is 18.6. The maximum Gasteiger partial charge on any atom is 0.282 e. The molecule has 4 rings (SSSR count). The summed E-state index contributed by atoms with van der Waals surface area (Å²) in [5.41, 5.74) is 0.967. The quantitative estimate of drug-likeness (QED) is 0.350. The van der Waals surface area contributed by atoms with Gasteiger partial charge in [0.05, 0.1) is 11.5 Å². The average Bonchev–Trinajstić information content (AvgIpc) is 3.34. The van der Waals surface area contributed by atoms with Crippen molar-refractivity contribution in [2.45, 2.75) is 6.92 Å². The Morgan fingerprint density at radius 1 is 1.28 bits per heavy atom. The van der Waals surface area contributed by atoms with Crippen LogP contribution in [0.5, 0.6) is 5.75 Å². The number of para-hydroxylation sites is 1. The summed E-state index contributed by atoms with van der Waals surface area (Å²) in [6, 6.07) is 13.2. The predicted octanol–water partition coefficient (Wildman–Crippen LogP) is 5.12. The number of thiazole rings is 1. The predicted molar refractivity (Wildman–Crippen MR) is 110 cm³/mol. The highest BCUT2D eigenvalue weighted by atomic mass is 32.1. The lowest BCUT2D eigenvalue weighted by atomic mass is 10.1. The van der Waals surface area contributed by atoms with Crippen LogP contribution in [0.2, 0.25) is 0 Å². The summed E-state index contributed by atoms with van der Waals surface area (Å²) >= 11 is 1.21. The van der Waals surface area contributed by atoms with Crippen molar-refractivity contribution in [2.24, 2.45) is 0 Å². The van der Waals surface area contributed by atoms with Gasteiger partial charge in [0.25, 0.3) is 11.6 Å². The van der Waals surface area contributed by atoms with E-state index in [1.54, 1.807) is 11.4 Å². The van der Waals surface area contributed by atoms with E-state index in [1.807, 2.05) is 31.2 Å². The van der Waals surface area contributed by atoms with E-state index < -0.39 is 10.8 Å². The van der Waals surface area contributed by atoms with Crippen molar-refractivity contribution in [3.8, 4) is 17.2 Å². The smallest absolute Gasteiger partial charge is 0.282 e. The number of ether oxygens (including phenoxy) is 1. The summed E-state index contributed by atoms with van der Waals surface area (Å²) in [5, 5.41) is 16.7. The minimum absolute atomic E-state index is 0.0264. The molecule has 8 nitrogen and oxygen atoms in total. The van der Waals surface area contributed by atoms with Gasteiger partial charge in [0, 0.05) is 16.8 Å². The molecular formula is C20H15N3O5S. The first-order valence-electron chi connectivity index (χ1n) is 8.72. The largest absolute Gasteiger partial charge is 0.494 e. The molecule has 0 spiro atoms. The molecule has 0 atom stereocenters. The Morgan fingerprint density at radius 3 is 2.90 bits per heavy atom. The maximum atomic E-state index is 12.4. The number of hydrogen-bond acceptors (Lipinski definition) is 7. The van der Waals surface area contributed by atoms with Crippen molar-refractivity contribution in [3.05, 3.63) is 69.6 Å². The Hall–Kier alpha value is -3.72. The number of nitro groups is 1. The molecule has 2 aromatic carbocycles. The van der Waals surface area contributed by atoms with E-state index in [1.165, 1.54) is 29.5 Å². The fourth-order valence-electron chi connectivity index (χ4n) is 2.84. The van der Waals surface area contributed by atoms with Crippen molar-refractivity contribution < 1.29 is 18.9 Å². The van der Waals surface area contributed by atoms with E-state index in [0.29, 0.717) is 28.8 Å². The molecule has 0 radical (unpaired) electrons. The Morgan fingerprint density at radius 2 is 2.10 bits per heavy atom. The summed E-state index contributed by atoms with van der Waals surface area (Å²) < 4.78 is 11.3. The van der Waals surface area contributed by atoms with Crippen LogP contribution in [-0.2, 0) is 0 Å². The van der Waals surface area contributed by atoms with Gasteiger partial charge in [-0.25, -0.2) is 4.98 Å². The zero-order valence-electron chi connectivity index (χ0n) is 15.2. The van der Waals surface area contributed by atoms with Gasteiger partial charge in [0.1, 0.15) is 22.6 Å². The number of nitrogens with one attached hydrogen (secondary N) is 1. The van der Waals surface area contributed by atoms with Crippen molar-refractivity contribution in [1.82, 2.24) is 4.98 Å². The second kappa shape index (κ2) is 7.72. The average molecular weight is 409 g/mol. The molecule has 146 valence electrons. The van der Waals surface area contributed by atoms with E-state index >= 15 is 0 Å². The molecule has 1 N–H and O–H groups in total. The Labute approximate surface area is 168 Å². The molecule has 9 heteroatoms. The number of carbonyl (C=O) groups excluding carboxylic acids is 1. The van der Waals surface area contributed by atoms with E-state index in [0.717, 1.165) is 11.1 Å². The van der Waals surface area contributed by atoms with Crippen LogP contribution < -0.4 is 10.1 Å². The molecule has 0 fully saturated rings. The van der Waals surface area contributed by atoms with Gasteiger partial charge < -0.3 is 9.15 Å². The zero-order valence-corrected chi connectivity index (χ0v) is 16.1. The molecule has 2 aromatic heterocycles. The third-order valence-corrected chi connectivity index (χ3v) is 4.88. The van der Waals surface area contributed by atoms with Crippen LogP contribution in [0.4, 0.5) is 10.8 Å². The van der Waals surface area contributed by atoms with E-state index in [4.69, 9.17) is 9.15 Å². The molecule has 0 bridgehead atoms. The van der Waals surface area contributed by atoms with Gasteiger partial charge in [-0.15, -0.1) is 11.3 Å². The number of hydrogen-bond donors (Lipinski definition) is 1. The number of amides is 1. The normalized spacial score (nSPS) is 10.8. The van der Waals surface area contributed by atoms with Crippen LogP contribution in [0, 0.1) is 10.1 Å². The lowest BCUT2D eigenvalue weighted by molar-refractivity contribution is -0.385. The topological polar surface area (TPSA) is 108 Å². The number of aromatic nitrogens is 1. The first-order chi connectivity index (χ1) is 14.0. The molecule has 0 aliphatic heterocycles. The van der Waals surface area contributed by atoms with Crippen LogP contribution >= 0.6 is 11.3 Å². The van der Waals surface area contributed by atoms with Crippen molar-refractivity contribution in [1.29, 1.82) is 0 Å². The highest BCUT2D eigenvalue weighted by Gasteiger charge is 2.20. The summed E-state index contributed by atoms with van der Waals surface area (Å²) in [6.45, 7) is 2.49. The lowest BCUT2D eigenvalue weighted by Gasteiger charge is -2.02. The third-order valence-electron chi connectivity index (χ3n) is 4.12. The van der Waals surface area contributed by atoms with Crippen LogP contribution in [0.3, 0.4) is 0 Å². The summed E-state index contributed by atoms with van der Waals surface area (Å²) in [5.74, 6) is 0.711. The van der Waals surface area contributed by atoms with E-state index in [9.17, 15) is 14.9 Å². The van der Waals surface area contributed by atoms with Crippen LogP contribution in [0.25, 0.3) is 22.4 Å². The monoisotopic (exact) mass is 409 g/mol. The lowest BCUT2D eigenvalue weighted by Crippen LogP contribution is -2.13. The second-order valence-electron chi connectivity index (χ2n) is 6.01. The molecule has 0 saturated heterocycles. The van der Waals surface area contributed by atoms with E-state index in [-0.39, 0.29) is 11.3 Å². The first-order valence-corrected chi connectivity index (χ1v) is 9.60. The molecule has 0 saturated carbocycles. The highest BCUT2D eigenvalue weighted by molar-refractivity contribution is 7.14. The maximum absolute atomic E-state index is 12.4. The van der Waals surface area contributed by atoms with Gasteiger partial charge in [-0.3, -0.25) is 20.2 Å². The molecule has 4 aromatic rings. The minimum Gasteiger partial charge on any atom is -0.494 e. The highest BCUT2D eigenvalue weighted by Crippen LogP contribution is 2.32. The molecule has 2 heterocycles. The number of rotatable bonds is 6. The molecule has 0 unspecified atom stereocenters.